The topological polar surface area (TPSA) is 108 Å². The highest BCUT2D eigenvalue weighted by Gasteiger charge is 2.24. The molecule has 0 aromatic carbocycles. The molecule has 9 heteroatoms. The molecular formula is C38H77N2O6P. The molecule has 0 aliphatic carbocycles. The third-order valence-electron chi connectivity index (χ3n) is 8.75. The van der Waals surface area contributed by atoms with E-state index in [4.69, 9.17) is 9.05 Å². The fourth-order valence-corrected chi connectivity index (χ4v) is 6.28. The summed E-state index contributed by atoms with van der Waals surface area (Å²) in [5, 5.41) is 13.8. The van der Waals surface area contributed by atoms with Crippen LogP contribution in [-0.4, -0.2) is 68.5 Å². The van der Waals surface area contributed by atoms with Gasteiger partial charge in [-0.2, -0.15) is 0 Å². The number of carbonyl (C=O) groups is 1. The Labute approximate surface area is 291 Å². The molecule has 1 amide bonds. The van der Waals surface area contributed by atoms with E-state index in [-0.39, 0.29) is 19.1 Å². The number of likely N-dealkylation sites (N-methyl/N-ethyl adjacent to an activating group) is 1. The largest absolute Gasteiger partial charge is 0.756 e. The normalized spacial score (nSPS) is 14.8. The molecule has 0 aliphatic heterocycles. The van der Waals surface area contributed by atoms with E-state index in [0.717, 1.165) is 44.9 Å². The second kappa shape index (κ2) is 31.2. The van der Waals surface area contributed by atoms with Crippen molar-refractivity contribution in [1.82, 2.24) is 5.32 Å². The number of allylic oxidation sites excluding steroid dienone is 2. The number of aliphatic hydroxyl groups excluding tert-OH is 1. The lowest BCUT2D eigenvalue weighted by Crippen LogP contribution is -2.46. The van der Waals surface area contributed by atoms with Gasteiger partial charge in [0.15, 0.2) is 0 Å². The van der Waals surface area contributed by atoms with E-state index < -0.39 is 20.0 Å². The molecule has 1 unspecified atom stereocenters. The molecule has 8 nitrogen and oxygen atoms in total. The first kappa shape index (κ1) is 46.2. The summed E-state index contributed by atoms with van der Waals surface area (Å²) in [6.07, 6.45) is 32.1. The Morgan fingerprint density at radius 1 is 0.723 bits per heavy atom. The summed E-state index contributed by atoms with van der Waals surface area (Å²) >= 11 is 0. The molecule has 0 saturated carbocycles. The summed E-state index contributed by atoms with van der Waals surface area (Å²) in [4.78, 5) is 25.2. The van der Waals surface area contributed by atoms with Crippen LogP contribution in [0.15, 0.2) is 12.2 Å². The van der Waals surface area contributed by atoms with Gasteiger partial charge in [0, 0.05) is 6.42 Å². The van der Waals surface area contributed by atoms with Crippen molar-refractivity contribution in [2.45, 2.75) is 187 Å². The maximum absolute atomic E-state index is 12.8. The van der Waals surface area contributed by atoms with E-state index in [9.17, 15) is 19.4 Å². The zero-order chi connectivity index (χ0) is 35.1. The number of hydrogen-bond acceptors (Lipinski definition) is 6. The average Bonchev–Trinajstić information content (AvgIpc) is 3.01. The van der Waals surface area contributed by atoms with Crippen LogP contribution in [0.25, 0.3) is 0 Å². The molecule has 0 aromatic rings. The van der Waals surface area contributed by atoms with Gasteiger partial charge in [-0.05, 0) is 38.5 Å². The highest BCUT2D eigenvalue weighted by atomic mass is 31.2. The van der Waals surface area contributed by atoms with Gasteiger partial charge in [0.25, 0.3) is 7.82 Å². The van der Waals surface area contributed by atoms with Crippen LogP contribution in [0.2, 0.25) is 0 Å². The quantitative estimate of drug-likeness (QED) is 0.0297. The van der Waals surface area contributed by atoms with E-state index in [1.54, 1.807) is 0 Å². The van der Waals surface area contributed by atoms with Crippen LogP contribution < -0.4 is 10.2 Å². The number of nitrogens with one attached hydrogen (secondary N) is 1. The third kappa shape index (κ3) is 33.5. The predicted octanol–water partition coefficient (Wildman–Crippen LogP) is 9.39. The lowest BCUT2D eigenvalue weighted by atomic mass is 10.0. The van der Waals surface area contributed by atoms with Gasteiger partial charge < -0.3 is 28.8 Å². The van der Waals surface area contributed by atoms with Crippen LogP contribution in [0, 0.1) is 0 Å². The third-order valence-corrected chi connectivity index (χ3v) is 9.72. The lowest BCUT2D eigenvalue weighted by molar-refractivity contribution is -0.870. The number of carbonyl (C=O) groups excluding carboxylic acids is 1. The Hall–Kier alpha value is -0.760. The van der Waals surface area contributed by atoms with E-state index >= 15 is 0 Å². The van der Waals surface area contributed by atoms with E-state index in [2.05, 4.69) is 31.3 Å². The fraction of sp³-hybridized carbons (Fsp3) is 0.921. The Balaban J connectivity index is 4.46. The molecule has 280 valence electrons. The number of phosphoric ester groups is 1. The fourth-order valence-electron chi connectivity index (χ4n) is 5.56. The molecule has 0 bridgehead atoms. The lowest BCUT2D eigenvalue weighted by Gasteiger charge is -2.30. The van der Waals surface area contributed by atoms with Crippen LogP contribution in [0.4, 0.5) is 0 Å². The average molecular weight is 689 g/mol. The number of rotatable bonds is 35. The smallest absolute Gasteiger partial charge is 0.268 e. The highest BCUT2D eigenvalue weighted by Crippen LogP contribution is 2.38. The maximum atomic E-state index is 12.8. The molecule has 3 atom stereocenters. The van der Waals surface area contributed by atoms with Gasteiger partial charge in [-0.15, -0.1) is 0 Å². The molecule has 0 radical (unpaired) electrons. The van der Waals surface area contributed by atoms with Crippen molar-refractivity contribution in [1.29, 1.82) is 0 Å². The molecule has 0 fully saturated rings. The molecule has 0 saturated heterocycles. The second-order valence-corrected chi connectivity index (χ2v) is 16.0. The number of unbranched alkanes of at least 4 members (excludes halogenated alkanes) is 20. The number of hydrogen-bond donors (Lipinski definition) is 2. The van der Waals surface area contributed by atoms with Crippen LogP contribution in [0.5, 0.6) is 0 Å². The van der Waals surface area contributed by atoms with Gasteiger partial charge in [0.05, 0.1) is 39.9 Å². The van der Waals surface area contributed by atoms with Crippen LogP contribution >= 0.6 is 7.82 Å². The van der Waals surface area contributed by atoms with Crippen LogP contribution in [0.1, 0.15) is 174 Å². The second-order valence-electron chi connectivity index (χ2n) is 14.6. The standard InChI is InChI=1S/C38H77N2O6P/c1-6-8-10-12-14-16-18-19-20-22-24-26-28-30-32-38(42)39-36(35-46-47(43,44)45-34-33-40(3,4)5)37(41)31-29-27-25-23-21-17-15-13-11-9-7-2/h21,23,36-37,41H,6-20,22,24-35H2,1-5H3,(H-,39,42,43,44)/b23-21+/t36-,37+/m0/s1. The number of phosphoric acid groups is 1. The van der Waals surface area contributed by atoms with E-state index in [1.807, 2.05) is 21.1 Å². The minimum Gasteiger partial charge on any atom is -0.756 e. The number of aliphatic hydroxyl groups is 1. The van der Waals surface area contributed by atoms with Gasteiger partial charge in [0.2, 0.25) is 5.91 Å². The molecule has 47 heavy (non-hydrogen) atoms. The van der Waals surface area contributed by atoms with Gasteiger partial charge in [-0.1, -0.05) is 142 Å². The van der Waals surface area contributed by atoms with Crippen LogP contribution in [0.3, 0.4) is 0 Å². The summed E-state index contributed by atoms with van der Waals surface area (Å²) < 4.78 is 23.1. The molecular weight excluding hydrogens is 611 g/mol. The first-order valence-corrected chi connectivity index (χ1v) is 21.0. The monoisotopic (exact) mass is 689 g/mol. The number of quaternary nitrogens is 1. The minimum atomic E-state index is -4.56. The summed E-state index contributed by atoms with van der Waals surface area (Å²) in [6.45, 7) is 4.66. The maximum Gasteiger partial charge on any atom is 0.268 e. The molecule has 0 spiro atoms. The highest BCUT2D eigenvalue weighted by molar-refractivity contribution is 7.45. The predicted molar refractivity (Wildman–Crippen MR) is 196 cm³/mol. The van der Waals surface area contributed by atoms with Gasteiger partial charge >= 0.3 is 0 Å². The first-order chi connectivity index (χ1) is 22.5. The van der Waals surface area contributed by atoms with Crippen molar-refractivity contribution >= 4 is 13.7 Å². The van der Waals surface area contributed by atoms with Crippen molar-refractivity contribution in [3.05, 3.63) is 12.2 Å². The summed E-state index contributed by atoms with van der Waals surface area (Å²) in [5.74, 6) is -0.176. The Kier molecular flexibility index (Phi) is 30.7. The van der Waals surface area contributed by atoms with Gasteiger partial charge in [0.1, 0.15) is 13.2 Å². The summed E-state index contributed by atoms with van der Waals surface area (Å²) in [7, 11) is 1.29. The SMILES string of the molecule is CCCCCCC/C=C/CCCC[C@@H](O)[C@H](COP(=O)([O-])OCC[N+](C)(C)C)NC(=O)CCCCCCCCCCCCCCCC. The Morgan fingerprint density at radius 3 is 1.66 bits per heavy atom. The summed E-state index contributed by atoms with van der Waals surface area (Å²) in [6, 6.07) is -0.808. The number of amides is 1. The Morgan fingerprint density at radius 2 is 1.17 bits per heavy atom. The van der Waals surface area contributed by atoms with E-state index in [0.29, 0.717) is 23.9 Å². The Bertz CT molecular complexity index is 789. The molecule has 0 heterocycles. The van der Waals surface area contributed by atoms with Crippen molar-refractivity contribution in [3.8, 4) is 0 Å². The molecule has 0 aromatic heterocycles. The molecule has 2 N–H and O–H groups in total. The first-order valence-electron chi connectivity index (χ1n) is 19.5. The summed E-state index contributed by atoms with van der Waals surface area (Å²) in [5.41, 5.74) is 0. The van der Waals surface area contributed by atoms with Crippen molar-refractivity contribution in [2.24, 2.45) is 0 Å². The molecule has 0 rings (SSSR count). The molecule has 0 aliphatic rings. The van der Waals surface area contributed by atoms with Crippen molar-refractivity contribution < 1.29 is 32.9 Å². The minimum absolute atomic E-state index is 0.00917. The zero-order valence-electron chi connectivity index (χ0n) is 31.5. The van der Waals surface area contributed by atoms with E-state index in [1.165, 1.54) is 103 Å². The zero-order valence-corrected chi connectivity index (χ0v) is 32.4. The van der Waals surface area contributed by atoms with Crippen LogP contribution in [-0.2, 0) is 18.4 Å². The van der Waals surface area contributed by atoms with Crippen molar-refractivity contribution in [2.75, 3.05) is 40.9 Å². The van der Waals surface area contributed by atoms with Gasteiger partial charge in [-0.3, -0.25) is 9.36 Å². The van der Waals surface area contributed by atoms with Crippen molar-refractivity contribution in [3.63, 3.8) is 0 Å². The number of nitrogens with zero attached hydrogens (tertiary/aromatic N) is 1. The van der Waals surface area contributed by atoms with Gasteiger partial charge in [-0.25, -0.2) is 0 Å².